The predicted octanol–water partition coefficient (Wildman–Crippen LogP) is 2.89. The highest BCUT2D eigenvalue weighted by Crippen LogP contribution is 2.12. The predicted molar refractivity (Wildman–Crippen MR) is 74.3 cm³/mol. The number of benzene rings is 1. The van der Waals surface area contributed by atoms with Gasteiger partial charge in [0.05, 0.1) is 12.1 Å². The van der Waals surface area contributed by atoms with Gasteiger partial charge in [0, 0.05) is 12.6 Å². The van der Waals surface area contributed by atoms with Crippen molar-refractivity contribution >= 4 is 11.2 Å². The molecule has 19 heavy (non-hydrogen) atoms. The van der Waals surface area contributed by atoms with E-state index in [0.717, 1.165) is 34.7 Å². The number of aromatic nitrogens is 3. The molecule has 2 aromatic heterocycles. The number of pyridine rings is 1. The lowest BCUT2D eigenvalue weighted by Crippen LogP contribution is -2.02. The van der Waals surface area contributed by atoms with Crippen LogP contribution in [0.3, 0.4) is 0 Å². The van der Waals surface area contributed by atoms with Crippen LogP contribution in [0.5, 0.6) is 5.75 Å². The van der Waals surface area contributed by atoms with Crippen LogP contribution in [0.2, 0.25) is 0 Å². The Kier molecular flexibility index (Phi) is 3.14. The summed E-state index contributed by atoms with van der Waals surface area (Å²) in [5, 5.41) is 0. The Morgan fingerprint density at radius 1 is 1.21 bits per heavy atom. The quantitative estimate of drug-likeness (QED) is 0.777. The largest absolute Gasteiger partial charge is 0.493 e. The Labute approximate surface area is 111 Å². The molecule has 0 atom stereocenters. The summed E-state index contributed by atoms with van der Waals surface area (Å²) in [7, 11) is 0. The third-order valence-electron chi connectivity index (χ3n) is 2.87. The van der Waals surface area contributed by atoms with Crippen molar-refractivity contribution in [2.24, 2.45) is 0 Å². The zero-order valence-corrected chi connectivity index (χ0v) is 10.8. The minimum atomic E-state index is 0.600. The van der Waals surface area contributed by atoms with E-state index in [1.807, 2.05) is 43.5 Å². The summed E-state index contributed by atoms with van der Waals surface area (Å²) >= 11 is 0. The van der Waals surface area contributed by atoms with Crippen molar-refractivity contribution in [1.29, 1.82) is 0 Å². The maximum absolute atomic E-state index is 5.65. The number of fused-ring (bicyclic) bond motifs is 1. The molecule has 3 aromatic rings. The van der Waals surface area contributed by atoms with Gasteiger partial charge in [0.25, 0.3) is 0 Å². The zero-order chi connectivity index (χ0) is 13.1. The van der Waals surface area contributed by atoms with Crippen molar-refractivity contribution in [3.05, 3.63) is 54.0 Å². The number of hydrogen-bond acceptors (Lipinski definition) is 3. The van der Waals surface area contributed by atoms with Crippen LogP contribution in [-0.2, 0) is 6.42 Å². The molecule has 0 spiro atoms. The fourth-order valence-electron chi connectivity index (χ4n) is 1.95. The van der Waals surface area contributed by atoms with Gasteiger partial charge in [-0.2, -0.15) is 0 Å². The first kappa shape index (κ1) is 11.7. The molecule has 96 valence electrons. The third-order valence-corrected chi connectivity index (χ3v) is 2.87. The summed E-state index contributed by atoms with van der Waals surface area (Å²) in [6.07, 6.45) is 2.57. The van der Waals surface area contributed by atoms with Crippen LogP contribution in [0, 0.1) is 6.92 Å². The van der Waals surface area contributed by atoms with Crippen LogP contribution in [0.1, 0.15) is 11.4 Å². The standard InChI is InChI=1S/C15H15N3O/c1-11-9-13-15(16-10-11)18-14(17-13)7-8-19-12-5-3-2-4-6-12/h2-6,9-10H,7-8H2,1H3,(H,16,17,18). The molecule has 0 aliphatic carbocycles. The first-order chi connectivity index (χ1) is 9.31. The van der Waals surface area contributed by atoms with Gasteiger partial charge in [-0.05, 0) is 30.7 Å². The van der Waals surface area contributed by atoms with Gasteiger partial charge < -0.3 is 9.72 Å². The molecule has 0 aliphatic rings. The molecular formula is C15H15N3O. The van der Waals surface area contributed by atoms with E-state index in [9.17, 15) is 0 Å². The third kappa shape index (κ3) is 2.73. The molecule has 0 bridgehead atoms. The second kappa shape index (κ2) is 5.10. The number of nitrogens with one attached hydrogen (secondary N) is 1. The van der Waals surface area contributed by atoms with Crippen LogP contribution in [0.25, 0.3) is 11.2 Å². The van der Waals surface area contributed by atoms with Crippen molar-refractivity contribution in [1.82, 2.24) is 15.0 Å². The summed E-state index contributed by atoms with van der Waals surface area (Å²) in [6.45, 7) is 2.62. The van der Waals surface area contributed by atoms with Crippen LogP contribution in [0.15, 0.2) is 42.6 Å². The van der Waals surface area contributed by atoms with E-state index in [0.29, 0.717) is 6.61 Å². The van der Waals surface area contributed by atoms with Crippen molar-refractivity contribution < 1.29 is 4.74 Å². The molecule has 0 amide bonds. The van der Waals surface area contributed by atoms with Crippen LogP contribution in [-0.4, -0.2) is 21.6 Å². The van der Waals surface area contributed by atoms with E-state index < -0.39 is 0 Å². The molecule has 0 aliphatic heterocycles. The van der Waals surface area contributed by atoms with Gasteiger partial charge in [-0.3, -0.25) is 0 Å². The van der Waals surface area contributed by atoms with Gasteiger partial charge in [-0.25, -0.2) is 9.97 Å². The molecule has 0 saturated carbocycles. The van der Waals surface area contributed by atoms with E-state index in [1.54, 1.807) is 0 Å². The summed E-state index contributed by atoms with van der Waals surface area (Å²) in [5.74, 6) is 1.79. The highest BCUT2D eigenvalue weighted by Gasteiger charge is 2.04. The number of ether oxygens (including phenoxy) is 1. The highest BCUT2D eigenvalue weighted by atomic mass is 16.5. The topological polar surface area (TPSA) is 50.8 Å². The molecular weight excluding hydrogens is 238 g/mol. The lowest BCUT2D eigenvalue weighted by molar-refractivity contribution is 0.319. The van der Waals surface area contributed by atoms with Crippen molar-refractivity contribution in [2.75, 3.05) is 6.61 Å². The zero-order valence-electron chi connectivity index (χ0n) is 10.8. The Morgan fingerprint density at radius 3 is 2.89 bits per heavy atom. The first-order valence-electron chi connectivity index (χ1n) is 6.30. The molecule has 0 fully saturated rings. The Morgan fingerprint density at radius 2 is 2.05 bits per heavy atom. The minimum absolute atomic E-state index is 0.600. The number of hydrogen-bond donors (Lipinski definition) is 1. The summed E-state index contributed by atoms with van der Waals surface area (Å²) in [4.78, 5) is 12.0. The van der Waals surface area contributed by atoms with Gasteiger partial charge in [0.1, 0.15) is 11.6 Å². The highest BCUT2D eigenvalue weighted by molar-refractivity contribution is 5.70. The molecule has 3 rings (SSSR count). The second-order valence-corrected chi connectivity index (χ2v) is 4.48. The van der Waals surface area contributed by atoms with E-state index >= 15 is 0 Å². The van der Waals surface area contributed by atoms with Gasteiger partial charge in [0.2, 0.25) is 0 Å². The van der Waals surface area contributed by atoms with E-state index in [2.05, 4.69) is 21.0 Å². The average Bonchev–Trinajstić information content (AvgIpc) is 2.82. The van der Waals surface area contributed by atoms with E-state index in [4.69, 9.17) is 4.74 Å². The monoisotopic (exact) mass is 253 g/mol. The number of imidazole rings is 1. The number of aryl methyl sites for hydroxylation is 1. The number of H-pyrrole nitrogens is 1. The maximum Gasteiger partial charge on any atom is 0.177 e. The van der Waals surface area contributed by atoms with Gasteiger partial charge >= 0.3 is 0 Å². The van der Waals surface area contributed by atoms with E-state index in [1.165, 1.54) is 0 Å². The van der Waals surface area contributed by atoms with Crippen LogP contribution < -0.4 is 4.74 Å². The molecule has 4 heteroatoms. The fraction of sp³-hybridized carbons (Fsp3) is 0.200. The molecule has 1 N–H and O–H groups in total. The number of nitrogens with zero attached hydrogens (tertiary/aromatic N) is 2. The number of rotatable bonds is 4. The van der Waals surface area contributed by atoms with Crippen molar-refractivity contribution in [3.63, 3.8) is 0 Å². The Bertz CT molecular complexity index is 676. The lowest BCUT2D eigenvalue weighted by atomic mass is 10.3. The van der Waals surface area contributed by atoms with Gasteiger partial charge in [0.15, 0.2) is 5.65 Å². The molecule has 4 nitrogen and oxygen atoms in total. The maximum atomic E-state index is 5.65. The van der Waals surface area contributed by atoms with Crippen molar-refractivity contribution in [3.8, 4) is 5.75 Å². The Balaban J connectivity index is 1.65. The Hall–Kier alpha value is -2.36. The lowest BCUT2D eigenvalue weighted by Gasteiger charge is -2.03. The number of para-hydroxylation sites is 1. The van der Waals surface area contributed by atoms with Crippen molar-refractivity contribution in [2.45, 2.75) is 13.3 Å². The molecule has 1 aromatic carbocycles. The van der Waals surface area contributed by atoms with Crippen LogP contribution >= 0.6 is 0 Å². The second-order valence-electron chi connectivity index (χ2n) is 4.48. The molecule has 0 radical (unpaired) electrons. The SMILES string of the molecule is Cc1cnc2nc(CCOc3ccccc3)[nH]c2c1. The first-order valence-corrected chi connectivity index (χ1v) is 6.30. The van der Waals surface area contributed by atoms with Gasteiger partial charge in [-0.1, -0.05) is 18.2 Å². The summed E-state index contributed by atoms with van der Waals surface area (Å²) < 4.78 is 5.65. The summed E-state index contributed by atoms with van der Waals surface area (Å²) in [5.41, 5.74) is 2.87. The molecule has 0 saturated heterocycles. The number of aromatic amines is 1. The fourth-order valence-corrected chi connectivity index (χ4v) is 1.95. The average molecular weight is 253 g/mol. The van der Waals surface area contributed by atoms with E-state index in [-0.39, 0.29) is 0 Å². The minimum Gasteiger partial charge on any atom is -0.493 e. The molecule has 0 unspecified atom stereocenters. The normalized spacial score (nSPS) is 10.8. The van der Waals surface area contributed by atoms with Crippen LogP contribution in [0.4, 0.5) is 0 Å². The van der Waals surface area contributed by atoms with Gasteiger partial charge in [-0.15, -0.1) is 0 Å². The molecule has 2 heterocycles. The summed E-state index contributed by atoms with van der Waals surface area (Å²) in [6, 6.07) is 11.8. The smallest absolute Gasteiger partial charge is 0.177 e.